The Bertz CT molecular complexity index is 753. The lowest BCUT2D eigenvalue weighted by molar-refractivity contribution is 0.568. The van der Waals surface area contributed by atoms with Crippen LogP contribution >= 0.6 is 0 Å². The minimum Gasteiger partial charge on any atom is -0.421 e. The minimum absolute atomic E-state index is 0.251. The molecule has 0 aliphatic carbocycles. The van der Waals surface area contributed by atoms with Gasteiger partial charge in [-0.15, -0.1) is 0 Å². The van der Waals surface area contributed by atoms with Crippen LogP contribution in [0.2, 0.25) is 0 Å². The number of fused-ring (bicyclic) bond motifs is 3. The van der Waals surface area contributed by atoms with E-state index in [4.69, 9.17) is 4.42 Å². The Morgan fingerprint density at radius 2 is 2.06 bits per heavy atom. The molecular formula is C13H12N2O2. The number of para-hydroxylation sites is 1. The molecule has 0 aliphatic rings. The number of aromatic nitrogens is 2. The largest absolute Gasteiger partial charge is 0.421 e. The lowest BCUT2D eigenvalue weighted by atomic mass is 10.2. The van der Waals surface area contributed by atoms with Gasteiger partial charge in [-0.25, -0.2) is 9.78 Å². The molecule has 3 aromatic rings. The molecule has 3 rings (SSSR count). The minimum atomic E-state index is -0.387. The Morgan fingerprint density at radius 1 is 1.29 bits per heavy atom. The normalized spacial score (nSPS) is 11.7. The summed E-state index contributed by atoms with van der Waals surface area (Å²) in [6.07, 6.45) is 0. The molecule has 0 spiro atoms. The van der Waals surface area contributed by atoms with Crippen LogP contribution in [0.4, 0.5) is 0 Å². The summed E-state index contributed by atoms with van der Waals surface area (Å²) in [6.45, 7) is 4.06. The zero-order valence-electron chi connectivity index (χ0n) is 9.65. The van der Waals surface area contributed by atoms with Crippen LogP contribution in [0, 0.1) is 0 Å². The Hall–Kier alpha value is -2.10. The summed E-state index contributed by atoms with van der Waals surface area (Å²) in [5.74, 6) is 1.06. The fraction of sp³-hybridized carbons (Fsp3) is 0.231. The van der Waals surface area contributed by atoms with Gasteiger partial charge < -0.3 is 9.40 Å². The Morgan fingerprint density at radius 3 is 2.82 bits per heavy atom. The van der Waals surface area contributed by atoms with Crippen molar-refractivity contribution in [3.63, 3.8) is 0 Å². The number of rotatable bonds is 1. The molecule has 2 heterocycles. The molecule has 0 aliphatic heterocycles. The molecule has 0 fully saturated rings. The summed E-state index contributed by atoms with van der Waals surface area (Å²) < 4.78 is 5.23. The van der Waals surface area contributed by atoms with Crippen molar-refractivity contribution >= 4 is 22.0 Å². The first-order valence-corrected chi connectivity index (χ1v) is 5.58. The Labute approximate surface area is 97.3 Å². The van der Waals surface area contributed by atoms with Crippen molar-refractivity contribution in [3.8, 4) is 0 Å². The molecule has 4 heteroatoms. The van der Waals surface area contributed by atoms with Crippen molar-refractivity contribution in [2.45, 2.75) is 19.8 Å². The van der Waals surface area contributed by atoms with Crippen LogP contribution in [0.5, 0.6) is 0 Å². The zero-order chi connectivity index (χ0) is 12.0. The maximum absolute atomic E-state index is 11.8. The third-order valence-corrected chi connectivity index (χ3v) is 2.82. The second-order valence-electron chi connectivity index (χ2n) is 4.39. The molecule has 1 aromatic carbocycles. The van der Waals surface area contributed by atoms with Gasteiger partial charge in [0.15, 0.2) is 5.52 Å². The van der Waals surface area contributed by atoms with E-state index >= 15 is 0 Å². The molecule has 0 bridgehead atoms. The van der Waals surface area contributed by atoms with Gasteiger partial charge in [-0.05, 0) is 12.1 Å². The van der Waals surface area contributed by atoms with Crippen LogP contribution in [0.1, 0.15) is 25.6 Å². The molecule has 0 amide bonds. The van der Waals surface area contributed by atoms with E-state index in [-0.39, 0.29) is 11.5 Å². The molecular weight excluding hydrogens is 216 g/mol. The van der Waals surface area contributed by atoms with Gasteiger partial charge in [-0.2, -0.15) is 0 Å². The average Bonchev–Trinajstić information content (AvgIpc) is 2.75. The van der Waals surface area contributed by atoms with Crippen LogP contribution < -0.4 is 5.63 Å². The van der Waals surface area contributed by atoms with Gasteiger partial charge in [-0.1, -0.05) is 26.0 Å². The second kappa shape index (κ2) is 3.45. The Kier molecular flexibility index (Phi) is 2.04. The fourth-order valence-corrected chi connectivity index (χ4v) is 1.92. The van der Waals surface area contributed by atoms with Gasteiger partial charge in [-0.3, -0.25) is 0 Å². The highest BCUT2D eigenvalue weighted by molar-refractivity contribution is 6.00. The predicted octanol–water partition coefficient (Wildman–Crippen LogP) is 2.79. The van der Waals surface area contributed by atoms with E-state index < -0.39 is 0 Å². The van der Waals surface area contributed by atoms with Gasteiger partial charge in [0.1, 0.15) is 11.4 Å². The monoisotopic (exact) mass is 228 g/mol. The smallest absolute Gasteiger partial charge is 0.364 e. The first kappa shape index (κ1) is 10.1. The predicted molar refractivity (Wildman–Crippen MR) is 66.2 cm³/mol. The number of benzene rings is 1. The first-order chi connectivity index (χ1) is 8.16. The molecule has 0 radical (unpaired) electrons. The number of hydrogen-bond donors (Lipinski definition) is 1. The van der Waals surface area contributed by atoms with Gasteiger partial charge in [0, 0.05) is 11.3 Å². The highest BCUT2D eigenvalue weighted by Crippen LogP contribution is 2.22. The van der Waals surface area contributed by atoms with E-state index in [0.29, 0.717) is 11.1 Å². The summed E-state index contributed by atoms with van der Waals surface area (Å²) in [5, 5.41) is 0.890. The van der Waals surface area contributed by atoms with Crippen molar-refractivity contribution in [2.24, 2.45) is 0 Å². The first-order valence-electron chi connectivity index (χ1n) is 5.58. The van der Waals surface area contributed by atoms with Gasteiger partial charge >= 0.3 is 5.63 Å². The van der Waals surface area contributed by atoms with E-state index in [1.807, 2.05) is 32.0 Å². The van der Waals surface area contributed by atoms with Gasteiger partial charge in [0.2, 0.25) is 0 Å². The van der Waals surface area contributed by atoms with Crippen LogP contribution in [0.3, 0.4) is 0 Å². The second-order valence-corrected chi connectivity index (χ2v) is 4.39. The molecule has 17 heavy (non-hydrogen) atoms. The summed E-state index contributed by atoms with van der Waals surface area (Å²) in [5.41, 5.74) is 1.35. The third kappa shape index (κ3) is 1.45. The molecule has 4 nitrogen and oxygen atoms in total. The molecule has 0 saturated heterocycles. The number of H-pyrrole nitrogens is 1. The van der Waals surface area contributed by atoms with Crippen molar-refractivity contribution in [3.05, 3.63) is 40.5 Å². The van der Waals surface area contributed by atoms with Crippen LogP contribution in [-0.4, -0.2) is 9.97 Å². The SMILES string of the molecule is CC(C)c1nc2c(=O)oc3ccccc3c2[nH]1. The lowest BCUT2D eigenvalue weighted by Gasteiger charge is -1.97. The van der Waals surface area contributed by atoms with E-state index in [0.717, 1.165) is 16.7 Å². The maximum atomic E-state index is 11.8. The highest BCUT2D eigenvalue weighted by atomic mass is 16.4. The summed E-state index contributed by atoms with van der Waals surface area (Å²) in [7, 11) is 0. The van der Waals surface area contributed by atoms with Crippen molar-refractivity contribution in [1.29, 1.82) is 0 Å². The van der Waals surface area contributed by atoms with Crippen LogP contribution in [0.25, 0.3) is 22.0 Å². The van der Waals surface area contributed by atoms with Crippen molar-refractivity contribution in [2.75, 3.05) is 0 Å². The topological polar surface area (TPSA) is 58.9 Å². The number of nitrogens with one attached hydrogen (secondary N) is 1. The molecule has 86 valence electrons. The van der Waals surface area contributed by atoms with Crippen molar-refractivity contribution in [1.82, 2.24) is 9.97 Å². The van der Waals surface area contributed by atoms with E-state index in [9.17, 15) is 4.79 Å². The molecule has 0 saturated carbocycles. The van der Waals surface area contributed by atoms with Gasteiger partial charge in [0.05, 0.1) is 5.52 Å². The van der Waals surface area contributed by atoms with E-state index in [2.05, 4.69) is 9.97 Å². The van der Waals surface area contributed by atoms with E-state index in [1.165, 1.54) is 0 Å². The van der Waals surface area contributed by atoms with Gasteiger partial charge in [0.25, 0.3) is 0 Å². The van der Waals surface area contributed by atoms with Crippen molar-refractivity contribution < 1.29 is 4.42 Å². The average molecular weight is 228 g/mol. The molecule has 1 N–H and O–H groups in total. The summed E-state index contributed by atoms with van der Waals surface area (Å²) in [4.78, 5) is 19.3. The highest BCUT2D eigenvalue weighted by Gasteiger charge is 2.13. The molecule has 0 atom stereocenters. The number of aromatic amines is 1. The molecule has 0 unspecified atom stereocenters. The molecule has 2 aromatic heterocycles. The maximum Gasteiger partial charge on any atom is 0.364 e. The van der Waals surface area contributed by atoms with Crippen LogP contribution in [-0.2, 0) is 0 Å². The third-order valence-electron chi connectivity index (χ3n) is 2.82. The van der Waals surface area contributed by atoms with E-state index in [1.54, 1.807) is 6.07 Å². The number of imidazole rings is 1. The number of hydrogen-bond acceptors (Lipinski definition) is 3. The quantitative estimate of drug-likeness (QED) is 0.651. The summed E-state index contributed by atoms with van der Waals surface area (Å²) >= 11 is 0. The zero-order valence-corrected chi connectivity index (χ0v) is 9.65. The number of nitrogens with zero attached hydrogens (tertiary/aromatic N) is 1. The van der Waals surface area contributed by atoms with Crippen LogP contribution in [0.15, 0.2) is 33.5 Å². The summed E-state index contributed by atoms with van der Waals surface area (Å²) in [6, 6.07) is 7.46. The Balaban J connectivity index is 2.51. The standard InChI is InChI=1S/C13H12N2O2/c1-7(2)12-14-10-8-5-3-4-6-9(8)17-13(16)11(10)15-12/h3-7H,1-2H3,(H,14,15). The lowest BCUT2D eigenvalue weighted by Crippen LogP contribution is -1.99. The fourth-order valence-electron chi connectivity index (χ4n) is 1.92.